The van der Waals surface area contributed by atoms with Crippen molar-refractivity contribution >= 4 is 28.9 Å². The fourth-order valence-corrected chi connectivity index (χ4v) is 3.74. The zero-order valence-electron chi connectivity index (χ0n) is 20.9. The number of aliphatic carboxylic acids is 1. The number of aryl methyl sites for hydroxylation is 1. The third-order valence-corrected chi connectivity index (χ3v) is 5.79. The highest BCUT2D eigenvalue weighted by atomic mass is 19.1. The van der Waals surface area contributed by atoms with Gasteiger partial charge in [0.1, 0.15) is 23.7 Å². The standard InChI is InChI=1S/C24H30F2N6O6/c1-3-4-8-38-24(37)31-17(22(35)36)11-29-21(34)15-12-32(2)19-13(20(15)33)9-16(25)14(18(19)26)10-30-23-27-6-5-7-28-23/h5-6,9,12,17,23,27-28,30H,3-4,7-8,10-11H2,1-2H3,(H,29,34)(H,31,37)(H,35,36). The molecule has 1 aliphatic heterocycles. The molecule has 14 heteroatoms. The maximum Gasteiger partial charge on any atom is 0.407 e. The molecule has 2 aromatic rings. The number of nitrogens with one attached hydrogen (secondary N) is 5. The molecule has 1 aliphatic rings. The molecule has 0 saturated heterocycles. The van der Waals surface area contributed by atoms with Gasteiger partial charge in [0.05, 0.1) is 17.5 Å². The normalized spacial score (nSPS) is 15.5. The third kappa shape index (κ3) is 6.83. The van der Waals surface area contributed by atoms with Gasteiger partial charge in [-0.3, -0.25) is 20.2 Å². The number of nitrogens with zero attached hydrogens (tertiary/aromatic N) is 1. The van der Waals surface area contributed by atoms with Crippen LogP contribution in [0.25, 0.3) is 10.9 Å². The average Bonchev–Trinajstić information content (AvgIpc) is 2.88. The Morgan fingerprint density at radius 1 is 1.32 bits per heavy atom. The number of unbranched alkanes of at least 4 members (excludes halogenated alkanes) is 1. The maximum atomic E-state index is 15.3. The van der Waals surface area contributed by atoms with E-state index in [2.05, 4.69) is 26.6 Å². The molecular formula is C24H30F2N6O6. The van der Waals surface area contributed by atoms with Crippen molar-refractivity contribution in [3.05, 3.63) is 57.5 Å². The van der Waals surface area contributed by atoms with E-state index in [0.29, 0.717) is 13.0 Å². The minimum atomic E-state index is -1.54. The predicted octanol–water partition coefficient (Wildman–Crippen LogP) is 0.606. The Morgan fingerprint density at radius 3 is 2.74 bits per heavy atom. The molecule has 6 N–H and O–H groups in total. The number of hydrogen-bond acceptors (Lipinski definition) is 8. The molecule has 0 saturated carbocycles. The smallest absolute Gasteiger partial charge is 0.407 e. The molecule has 1 aromatic carbocycles. The number of carbonyl (C=O) groups is 3. The number of amides is 2. The summed E-state index contributed by atoms with van der Waals surface area (Å²) in [6.07, 6.45) is 4.60. The Bertz CT molecular complexity index is 1300. The van der Waals surface area contributed by atoms with E-state index in [1.807, 2.05) is 13.0 Å². The number of carboxylic acids is 1. The molecule has 12 nitrogen and oxygen atoms in total. The van der Waals surface area contributed by atoms with Crippen LogP contribution in [0.3, 0.4) is 0 Å². The summed E-state index contributed by atoms with van der Waals surface area (Å²) in [4.78, 5) is 49.0. The second-order valence-electron chi connectivity index (χ2n) is 8.56. The molecule has 206 valence electrons. The van der Waals surface area contributed by atoms with Gasteiger partial charge in [-0.1, -0.05) is 19.4 Å². The molecule has 2 atom stereocenters. The lowest BCUT2D eigenvalue weighted by atomic mass is 10.1. The van der Waals surface area contributed by atoms with Gasteiger partial charge in [-0.05, 0) is 18.7 Å². The van der Waals surface area contributed by atoms with Gasteiger partial charge < -0.3 is 30.4 Å². The van der Waals surface area contributed by atoms with Crippen LogP contribution in [-0.2, 0) is 23.1 Å². The van der Waals surface area contributed by atoms with Crippen molar-refractivity contribution in [3.63, 3.8) is 0 Å². The van der Waals surface area contributed by atoms with Gasteiger partial charge in [0, 0.05) is 38.4 Å². The molecule has 2 heterocycles. The van der Waals surface area contributed by atoms with Gasteiger partial charge in [0.2, 0.25) is 5.43 Å². The number of ether oxygens (including phenoxy) is 1. The van der Waals surface area contributed by atoms with E-state index in [4.69, 9.17) is 4.74 Å². The van der Waals surface area contributed by atoms with Crippen LogP contribution in [0.2, 0.25) is 0 Å². The van der Waals surface area contributed by atoms with Crippen LogP contribution in [0.5, 0.6) is 0 Å². The first-order valence-corrected chi connectivity index (χ1v) is 12.0. The third-order valence-electron chi connectivity index (χ3n) is 5.79. The number of alkyl carbamates (subject to hydrolysis) is 1. The van der Waals surface area contributed by atoms with Gasteiger partial charge in [0.15, 0.2) is 5.82 Å². The zero-order valence-corrected chi connectivity index (χ0v) is 20.9. The van der Waals surface area contributed by atoms with Gasteiger partial charge in [-0.2, -0.15) is 0 Å². The summed E-state index contributed by atoms with van der Waals surface area (Å²) in [7, 11) is 1.39. The summed E-state index contributed by atoms with van der Waals surface area (Å²) in [5.74, 6) is -4.35. The lowest BCUT2D eigenvalue weighted by Crippen LogP contribution is -2.52. The molecule has 2 amide bonds. The van der Waals surface area contributed by atoms with Crippen LogP contribution in [-0.4, -0.2) is 59.7 Å². The van der Waals surface area contributed by atoms with Crippen molar-refractivity contribution in [3.8, 4) is 0 Å². The van der Waals surface area contributed by atoms with Crippen LogP contribution < -0.4 is 32.0 Å². The number of fused-ring (bicyclic) bond motifs is 1. The van der Waals surface area contributed by atoms with Crippen molar-refractivity contribution in [2.24, 2.45) is 7.05 Å². The maximum absolute atomic E-state index is 15.3. The highest BCUT2D eigenvalue weighted by molar-refractivity contribution is 5.97. The molecule has 1 aromatic heterocycles. The second kappa shape index (κ2) is 13.0. The van der Waals surface area contributed by atoms with E-state index in [9.17, 15) is 28.7 Å². The molecule has 0 radical (unpaired) electrons. The first kappa shape index (κ1) is 28.5. The molecule has 0 fully saturated rings. The number of benzene rings is 1. The Kier molecular flexibility index (Phi) is 9.73. The minimum Gasteiger partial charge on any atom is -0.480 e. The van der Waals surface area contributed by atoms with Crippen LogP contribution in [0.1, 0.15) is 35.7 Å². The molecule has 38 heavy (non-hydrogen) atoms. The van der Waals surface area contributed by atoms with Gasteiger partial charge in [-0.25, -0.2) is 18.4 Å². The number of halogens is 2. The summed E-state index contributed by atoms with van der Waals surface area (Å²) < 4.78 is 36.2. The van der Waals surface area contributed by atoms with E-state index in [1.165, 1.54) is 11.6 Å². The molecule has 0 aliphatic carbocycles. The lowest BCUT2D eigenvalue weighted by molar-refractivity contribution is -0.139. The molecule has 2 unspecified atom stereocenters. The van der Waals surface area contributed by atoms with Crippen LogP contribution in [0.15, 0.2) is 29.3 Å². The highest BCUT2D eigenvalue weighted by Gasteiger charge is 2.25. The molecule has 0 bridgehead atoms. The summed E-state index contributed by atoms with van der Waals surface area (Å²) in [6, 6.07) is -0.671. The van der Waals surface area contributed by atoms with Gasteiger partial charge in [0.25, 0.3) is 5.91 Å². The van der Waals surface area contributed by atoms with E-state index in [-0.39, 0.29) is 29.6 Å². The number of carboxylic acid groups (broad SMARTS) is 1. The lowest BCUT2D eigenvalue weighted by Gasteiger charge is -2.23. The quantitative estimate of drug-likeness (QED) is 0.226. The monoisotopic (exact) mass is 536 g/mol. The Labute approximate surface area is 216 Å². The number of aromatic nitrogens is 1. The van der Waals surface area contributed by atoms with E-state index >= 15 is 4.39 Å². The average molecular weight is 537 g/mol. The van der Waals surface area contributed by atoms with Crippen LogP contribution in [0.4, 0.5) is 13.6 Å². The summed E-state index contributed by atoms with van der Waals surface area (Å²) in [5, 5.41) is 22.3. The molecule has 3 rings (SSSR count). The Hall–Kier alpha value is -4.04. The second-order valence-corrected chi connectivity index (χ2v) is 8.56. The Morgan fingerprint density at radius 2 is 2.08 bits per heavy atom. The number of carbonyl (C=O) groups excluding carboxylic acids is 2. The largest absolute Gasteiger partial charge is 0.480 e. The first-order valence-electron chi connectivity index (χ1n) is 12.0. The zero-order chi connectivity index (χ0) is 27.8. The minimum absolute atomic E-state index is 0.102. The SMILES string of the molecule is CCCCOC(=O)NC(CNC(=O)c1cn(C)c2c(F)c(CNC3NC=CCN3)c(F)cc2c1=O)C(=O)O. The van der Waals surface area contributed by atoms with E-state index in [1.54, 1.807) is 6.20 Å². The van der Waals surface area contributed by atoms with Crippen LogP contribution in [0, 0.1) is 11.6 Å². The Balaban J connectivity index is 1.77. The van der Waals surface area contributed by atoms with Crippen LogP contribution >= 0.6 is 0 Å². The van der Waals surface area contributed by atoms with Gasteiger partial charge >= 0.3 is 12.1 Å². The summed E-state index contributed by atoms with van der Waals surface area (Å²) in [5.41, 5.74) is -1.88. The topological polar surface area (TPSA) is 163 Å². The fourth-order valence-electron chi connectivity index (χ4n) is 3.74. The number of rotatable bonds is 11. The number of hydrogen-bond donors (Lipinski definition) is 6. The summed E-state index contributed by atoms with van der Waals surface area (Å²) >= 11 is 0. The van der Waals surface area contributed by atoms with Crippen molar-refractivity contribution < 1.29 is 33.0 Å². The number of pyridine rings is 1. The van der Waals surface area contributed by atoms with Crippen molar-refractivity contribution in [1.82, 2.24) is 31.2 Å². The van der Waals surface area contributed by atoms with Crippen molar-refractivity contribution in [1.29, 1.82) is 0 Å². The van der Waals surface area contributed by atoms with Crippen molar-refractivity contribution in [2.45, 2.75) is 38.6 Å². The fraction of sp³-hybridized carbons (Fsp3) is 0.417. The van der Waals surface area contributed by atoms with E-state index < -0.39 is 59.5 Å². The van der Waals surface area contributed by atoms with Gasteiger partial charge in [-0.15, -0.1) is 0 Å². The van der Waals surface area contributed by atoms with Crippen molar-refractivity contribution in [2.75, 3.05) is 19.7 Å². The predicted molar refractivity (Wildman–Crippen MR) is 133 cm³/mol. The van der Waals surface area contributed by atoms with E-state index in [0.717, 1.165) is 18.7 Å². The summed E-state index contributed by atoms with van der Waals surface area (Å²) in [6.45, 7) is 1.80. The molecule has 0 spiro atoms. The first-order chi connectivity index (χ1) is 18.1. The highest BCUT2D eigenvalue weighted by Crippen LogP contribution is 2.22. The molecular weight excluding hydrogens is 506 g/mol.